The molecule has 1 unspecified atom stereocenters. The van der Waals surface area contributed by atoms with Crippen molar-refractivity contribution in [3.8, 4) is 0 Å². The fourth-order valence-corrected chi connectivity index (χ4v) is 4.79. The van der Waals surface area contributed by atoms with E-state index in [0.717, 1.165) is 0 Å². The van der Waals surface area contributed by atoms with Gasteiger partial charge in [0.05, 0.1) is 5.75 Å². The smallest absolute Gasteiger partial charge is 0.235 e. The van der Waals surface area contributed by atoms with Crippen LogP contribution in [0.1, 0.15) is 34.6 Å². The molecule has 0 aromatic heterocycles. The molecule has 0 spiro atoms. The maximum atomic E-state index is 12.0. The molecular formula is C12H24BrNO3S. The van der Waals surface area contributed by atoms with E-state index in [4.69, 9.17) is 0 Å². The lowest BCUT2D eigenvalue weighted by atomic mass is 9.83. The monoisotopic (exact) mass is 341 g/mol. The van der Waals surface area contributed by atoms with Crippen LogP contribution in [0, 0.1) is 11.3 Å². The van der Waals surface area contributed by atoms with Crippen molar-refractivity contribution in [2.75, 3.05) is 16.8 Å². The highest BCUT2D eigenvalue weighted by atomic mass is 79.9. The molecule has 0 radical (unpaired) electrons. The summed E-state index contributed by atoms with van der Waals surface area (Å²) in [7, 11) is -3.36. The molecule has 0 saturated heterocycles. The molecule has 18 heavy (non-hydrogen) atoms. The van der Waals surface area contributed by atoms with Crippen molar-refractivity contribution in [2.24, 2.45) is 11.3 Å². The molecule has 1 amide bonds. The van der Waals surface area contributed by atoms with Crippen LogP contribution in [0.15, 0.2) is 0 Å². The summed E-state index contributed by atoms with van der Waals surface area (Å²) in [6.07, 6.45) is 0. The predicted molar refractivity (Wildman–Crippen MR) is 78.7 cm³/mol. The Hall–Kier alpha value is -0.100. The van der Waals surface area contributed by atoms with Gasteiger partial charge < -0.3 is 5.32 Å². The van der Waals surface area contributed by atoms with E-state index >= 15 is 0 Å². The van der Waals surface area contributed by atoms with Gasteiger partial charge in [-0.2, -0.15) is 0 Å². The minimum absolute atomic E-state index is 0.00523. The first kappa shape index (κ1) is 17.9. The zero-order valence-corrected chi connectivity index (χ0v) is 14.2. The number of alkyl halides is 1. The number of halogens is 1. The van der Waals surface area contributed by atoms with Gasteiger partial charge in [0.1, 0.15) is 5.75 Å². The normalized spacial score (nSPS) is 14.6. The van der Waals surface area contributed by atoms with Crippen LogP contribution in [0.5, 0.6) is 0 Å². The summed E-state index contributed by atoms with van der Waals surface area (Å²) in [4.78, 5) is 11.5. The number of sulfone groups is 1. The number of carbonyl (C=O) groups is 1. The molecule has 0 aliphatic heterocycles. The Bertz CT molecular complexity index is 371. The van der Waals surface area contributed by atoms with Gasteiger partial charge in [-0.3, -0.25) is 4.79 Å². The molecule has 108 valence electrons. The highest BCUT2D eigenvalue weighted by Crippen LogP contribution is 2.28. The molecule has 0 aromatic rings. The SMILES string of the molecule is CC(C)NC(=O)CS(=O)(=O)CC(CBr)C(C)(C)C. The molecule has 6 heteroatoms. The lowest BCUT2D eigenvalue weighted by Gasteiger charge is -2.28. The predicted octanol–water partition coefficient (Wildman–Crippen LogP) is 1.98. The molecule has 4 nitrogen and oxygen atoms in total. The average Bonchev–Trinajstić information content (AvgIpc) is 2.09. The fourth-order valence-electron chi connectivity index (χ4n) is 1.45. The first-order chi connectivity index (χ1) is 7.98. The number of rotatable bonds is 6. The lowest BCUT2D eigenvalue weighted by molar-refractivity contribution is -0.119. The number of amides is 1. The van der Waals surface area contributed by atoms with Crippen LogP contribution in [0.2, 0.25) is 0 Å². The molecule has 0 fully saturated rings. The minimum Gasteiger partial charge on any atom is -0.353 e. The molecule has 0 aliphatic carbocycles. The van der Waals surface area contributed by atoms with Crippen molar-refractivity contribution in [3.05, 3.63) is 0 Å². The van der Waals surface area contributed by atoms with Crippen molar-refractivity contribution >= 4 is 31.7 Å². The Morgan fingerprint density at radius 1 is 1.28 bits per heavy atom. The van der Waals surface area contributed by atoms with E-state index in [0.29, 0.717) is 5.33 Å². The van der Waals surface area contributed by atoms with Crippen molar-refractivity contribution in [1.82, 2.24) is 5.32 Å². The van der Waals surface area contributed by atoms with Gasteiger partial charge >= 0.3 is 0 Å². The highest BCUT2D eigenvalue weighted by Gasteiger charge is 2.29. The second-order valence-corrected chi connectivity index (χ2v) is 8.75. The Morgan fingerprint density at radius 3 is 2.11 bits per heavy atom. The van der Waals surface area contributed by atoms with Crippen molar-refractivity contribution in [3.63, 3.8) is 0 Å². The molecule has 0 saturated carbocycles. The maximum absolute atomic E-state index is 12.0. The van der Waals surface area contributed by atoms with Gasteiger partial charge in [0.25, 0.3) is 0 Å². The second kappa shape index (κ2) is 6.89. The van der Waals surface area contributed by atoms with Crippen LogP contribution in [-0.4, -0.2) is 37.2 Å². The summed E-state index contributed by atoms with van der Waals surface area (Å²) in [5.74, 6) is -0.820. The topological polar surface area (TPSA) is 63.2 Å². The number of carbonyl (C=O) groups excluding carboxylic acids is 1. The van der Waals surface area contributed by atoms with E-state index in [-0.39, 0.29) is 23.1 Å². The van der Waals surface area contributed by atoms with Crippen LogP contribution in [-0.2, 0) is 14.6 Å². The van der Waals surface area contributed by atoms with Gasteiger partial charge in [0.2, 0.25) is 5.91 Å². The molecule has 0 aromatic carbocycles. The molecule has 0 heterocycles. The van der Waals surface area contributed by atoms with Crippen LogP contribution >= 0.6 is 15.9 Å². The van der Waals surface area contributed by atoms with E-state index in [1.54, 1.807) is 13.8 Å². The molecule has 1 atom stereocenters. The Kier molecular flexibility index (Phi) is 6.85. The lowest BCUT2D eigenvalue weighted by Crippen LogP contribution is -2.38. The Morgan fingerprint density at radius 2 is 1.78 bits per heavy atom. The Balaban J connectivity index is 4.61. The maximum Gasteiger partial charge on any atom is 0.235 e. The van der Waals surface area contributed by atoms with Crippen LogP contribution < -0.4 is 5.32 Å². The standard InChI is InChI=1S/C12H24BrNO3S/c1-9(2)14-11(15)8-18(16,17)7-10(6-13)12(3,4)5/h9-10H,6-8H2,1-5H3,(H,14,15). The average molecular weight is 342 g/mol. The van der Waals surface area contributed by atoms with Gasteiger partial charge in [0, 0.05) is 11.4 Å². The molecule has 0 bridgehead atoms. The summed E-state index contributed by atoms with van der Waals surface area (Å²) in [5, 5.41) is 3.21. The first-order valence-electron chi connectivity index (χ1n) is 6.03. The summed E-state index contributed by atoms with van der Waals surface area (Å²) in [6, 6.07) is -0.0395. The van der Waals surface area contributed by atoms with E-state index in [1.165, 1.54) is 0 Å². The van der Waals surface area contributed by atoms with Crippen LogP contribution in [0.4, 0.5) is 0 Å². The highest BCUT2D eigenvalue weighted by molar-refractivity contribution is 9.09. The van der Waals surface area contributed by atoms with Gasteiger partial charge in [-0.15, -0.1) is 0 Å². The summed E-state index contributed by atoms with van der Waals surface area (Å²) in [6.45, 7) is 9.62. The van der Waals surface area contributed by atoms with Crippen molar-refractivity contribution < 1.29 is 13.2 Å². The van der Waals surface area contributed by atoms with Gasteiger partial charge in [-0.25, -0.2) is 8.42 Å². The van der Waals surface area contributed by atoms with Gasteiger partial charge in [-0.05, 0) is 25.2 Å². The summed E-state index contributed by atoms with van der Waals surface area (Å²) >= 11 is 3.35. The molecule has 0 rings (SSSR count). The molecule has 0 aliphatic rings. The first-order valence-corrected chi connectivity index (χ1v) is 8.98. The van der Waals surface area contributed by atoms with E-state index < -0.39 is 21.5 Å². The van der Waals surface area contributed by atoms with Crippen molar-refractivity contribution in [2.45, 2.75) is 40.7 Å². The zero-order chi connectivity index (χ0) is 14.6. The summed E-state index contributed by atoms with van der Waals surface area (Å²) in [5.41, 5.74) is -0.106. The van der Waals surface area contributed by atoms with E-state index in [2.05, 4.69) is 21.2 Å². The van der Waals surface area contributed by atoms with E-state index in [9.17, 15) is 13.2 Å². The van der Waals surface area contributed by atoms with Gasteiger partial charge in [-0.1, -0.05) is 36.7 Å². The summed E-state index contributed by atoms with van der Waals surface area (Å²) < 4.78 is 23.9. The number of hydrogen-bond donors (Lipinski definition) is 1. The minimum atomic E-state index is -3.36. The molecular weight excluding hydrogens is 318 g/mol. The van der Waals surface area contributed by atoms with Crippen LogP contribution in [0.3, 0.4) is 0 Å². The largest absolute Gasteiger partial charge is 0.353 e. The zero-order valence-electron chi connectivity index (χ0n) is 11.8. The fraction of sp³-hybridized carbons (Fsp3) is 0.917. The van der Waals surface area contributed by atoms with E-state index in [1.807, 2.05) is 20.8 Å². The third-order valence-electron chi connectivity index (χ3n) is 2.67. The third kappa shape index (κ3) is 7.36. The Labute approximate surface area is 119 Å². The molecule has 1 N–H and O–H groups in total. The second-order valence-electron chi connectivity index (χ2n) is 5.99. The van der Waals surface area contributed by atoms with Crippen LogP contribution in [0.25, 0.3) is 0 Å². The van der Waals surface area contributed by atoms with Crippen molar-refractivity contribution in [1.29, 1.82) is 0 Å². The van der Waals surface area contributed by atoms with Gasteiger partial charge in [0.15, 0.2) is 9.84 Å². The quantitative estimate of drug-likeness (QED) is 0.751. The number of hydrogen-bond acceptors (Lipinski definition) is 3. The third-order valence-corrected chi connectivity index (χ3v) is 5.06. The number of nitrogens with one attached hydrogen (secondary N) is 1.